The zero-order chi connectivity index (χ0) is 22.0. The minimum Gasteiger partial charge on any atom is -0.481 e. The molecule has 168 valence electrons. The molecule has 7 nitrogen and oxygen atoms in total. The maximum absolute atomic E-state index is 13.2. The van der Waals surface area contributed by atoms with Gasteiger partial charge in [0.05, 0.1) is 24.8 Å². The summed E-state index contributed by atoms with van der Waals surface area (Å²) < 4.78 is 5.60. The third-order valence-corrected chi connectivity index (χ3v) is 6.78. The van der Waals surface area contributed by atoms with Gasteiger partial charge in [0.1, 0.15) is 0 Å². The number of hydrogen-bond donors (Lipinski definition) is 1. The number of carboxylic acids is 1. The first-order valence-corrected chi connectivity index (χ1v) is 11.6. The molecule has 3 atom stereocenters. The number of fused-ring (bicyclic) bond motifs is 2. The summed E-state index contributed by atoms with van der Waals surface area (Å²) in [6, 6.07) is 7.90. The van der Waals surface area contributed by atoms with Crippen LogP contribution in [0.5, 0.6) is 0 Å². The van der Waals surface area contributed by atoms with Gasteiger partial charge in [0.15, 0.2) is 0 Å². The molecule has 0 aromatic heterocycles. The Morgan fingerprint density at radius 1 is 1.13 bits per heavy atom. The van der Waals surface area contributed by atoms with Crippen molar-refractivity contribution in [2.75, 3.05) is 11.5 Å². The zero-order valence-corrected chi connectivity index (χ0v) is 18.2. The average molecular weight is 429 g/mol. The second-order valence-corrected chi connectivity index (χ2v) is 8.93. The Bertz CT molecular complexity index is 837. The van der Waals surface area contributed by atoms with Gasteiger partial charge in [-0.2, -0.15) is 0 Å². The highest BCUT2D eigenvalue weighted by Crippen LogP contribution is 2.52. The van der Waals surface area contributed by atoms with E-state index in [1.807, 2.05) is 34.1 Å². The summed E-state index contributed by atoms with van der Waals surface area (Å²) in [5.41, 5.74) is 1.81. The van der Waals surface area contributed by atoms with E-state index in [1.54, 1.807) is 0 Å². The lowest BCUT2D eigenvalue weighted by atomic mass is 9.81. The summed E-state index contributed by atoms with van der Waals surface area (Å²) in [5.74, 6) is -0.898. The molecule has 1 aromatic rings. The Morgan fingerprint density at radius 3 is 2.61 bits per heavy atom. The molecule has 3 aliphatic rings. The van der Waals surface area contributed by atoms with E-state index < -0.39 is 5.97 Å². The van der Waals surface area contributed by atoms with Crippen molar-refractivity contribution in [1.82, 2.24) is 4.90 Å². The number of carbonyl (C=O) groups is 3. The normalized spacial score (nSPS) is 24.3. The highest BCUT2D eigenvalue weighted by atomic mass is 16.6. The fourth-order valence-corrected chi connectivity index (χ4v) is 5.27. The number of carbonyl (C=O) groups excluding carboxylic acids is 2. The summed E-state index contributed by atoms with van der Waals surface area (Å²) in [5, 5.41) is 9.07. The molecule has 31 heavy (non-hydrogen) atoms. The van der Waals surface area contributed by atoms with E-state index >= 15 is 0 Å². The average Bonchev–Trinajstić information content (AvgIpc) is 3.47. The molecule has 2 fully saturated rings. The van der Waals surface area contributed by atoms with Gasteiger partial charge < -0.3 is 14.7 Å². The van der Waals surface area contributed by atoms with Gasteiger partial charge in [-0.15, -0.1) is 0 Å². The van der Waals surface area contributed by atoms with Gasteiger partial charge in [-0.25, -0.2) is 4.79 Å². The van der Waals surface area contributed by atoms with Crippen LogP contribution < -0.4 is 4.90 Å². The molecule has 1 aromatic carbocycles. The van der Waals surface area contributed by atoms with Crippen molar-refractivity contribution in [3.63, 3.8) is 0 Å². The number of aliphatic carboxylic acids is 1. The van der Waals surface area contributed by atoms with Gasteiger partial charge in [0.2, 0.25) is 5.91 Å². The second-order valence-electron chi connectivity index (χ2n) is 8.93. The smallest absolute Gasteiger partial charge is 0.414 e. The van der Waals surface area contributed by atoms with E-state index in [2.05, 4.69) is 6.92 Å². The molecule has 1 aliphatic heterocycles. The molecule has 0 spiro atoms. The number of amides is 2. The van der Waals surface area contributed by atoms with Crippen LogP contribution in [0.4, 0.5) is 10.5 Å². The van der Waals surface area contributed by atoms with Gasteiger partial charge in [-0.1, -0.05) is 38.0 Å². The van der Waals surface area contributed by atoms with E-state index in [-0.39, 0.29) is 48.9 Å². The van der Waals surface area contributed by atoms with Gasteiger partial charge in [0.25, 0.3) is 0 Å². The molecule has 1 N–H and O–H groups in total. The minimum absolute atomic E-state index is 0.00236. The summed E-state index contributed by atoms with van der Waals surface area (Å²) in [6.45, 7) is 2.48. The number of unbranched alkanes of at least 4 members (excludes halogenated alkanes) is 1. The van der Waals surface area contributed by atoms with Gasteiger partial charge in [-0.05, 0) is 43.7 Å². The highest BCUT2D eigenvalue weighted by molar-refractivity contribution is 5.91. The minimum atomic E-state index is -0.951. The van der Waals surface area contributed by atoms with Gasteiger partial charge >= 0.3 is 12.1 Å². The fourth-order valence-electron chi connectivity index (χ4n) is 5.27. The molecule has 0 saturated heterocycles. The summed E-state index contributed by atoms with van der Waals surface area (Å²) in [4.78, 5) is 41.1. The first kappa shape index (κ1) is 21.7. The number of rotatable bonds is 8. The van der Waals surface area contributed by atoms with Crippen molar-refractivity contribution in [2.45, 2.75) is 82.8 Å². The van der Waals surface area contributed by atoms with Crippen molar-refractivity contribution in [2.24, 2.45) is 5.92 Å². The van der Waals surface area contributed by atoms with Gasteiger partial charge in [-0.3, -0.25) is 14.5 Å². The molecule has 7 heteroatoms. The van der Waals surface area contributed by atoms with Crippen molar-refractivity contribution >= 4 is 23.7 Å². The number of carboxylic acid groups (broad SMARTS) is 1. The van der Waals surface area contributed by atoms with Crippen molar-refractivity contribution in [3.05, 3.63) is 29.8 Å². The molecule has 4 rings (SSSR count). The first-order chi connectivity index (χ1) is 15.0. The molecule has 2 amide bonds. The molecule has 3 unspecified atom stereocenters. The number of nitrogens with zero attached hydrogens (tertiary/aromatic N) is 2. The third-order valence-electron chi connectivity index (χ3n) is 6.78. The molecular formula is C24H32N2O5. The molecule has 1 heterocycles. The van der Waals surface area contributed by atoms with E-state index in [0.717, 1.165) is 56.2 Å². The maximum Gasteiger partial charge on any atom is 0.414 e. The number of para-hydroxylation sites is 1. The van der Waals surface area contributed by atoms with E-state index in [1.165, 1.54) is 0 Å². The lowest BCUT2D eigenvalue weighted by Crippen LogP contribution is -2.53. The summed E-state index contributed by atoms with van der Waals surface area (Å²) in [6.07, 6.45) is 6.11. The molecule has 2 aliphatic carbocycles. The van der Waals surface area contributed by atoms with Crippen LogP contribution in [0, 0.1) is 5.92 Å². The predicted molar refractivity (Wildman–Crippen MR) is 116 cm³/mol. The Kier molecular flexibility index (Phi) is 6.49. The van der Waals surface area contributed by atoms with Crippen LogP contribution in [0.25, 0.3) is 0 Å². The van der Waals surface area contributed by atoms with Crippen LogP contribution in [0.1, 0.15) is 76.3 Å². The van der Waals surface area contributed by atoms with Crippen molar-refractivity contribution in [1.29, 1.82) is 0 Å². The summed E-state index contributed by atoms with van der Waals surface area (Å²) in [7, 11) is 0. The number of hydrogen-bond acceptors (Lipinski definition) is 4. The standard InChI is InChI=1S/C24H32N2O5/c1-2-3-15-31-24(30)26-19-9-5-4-7-17(19)23(18-8-6-10-20(18)26)25(16-11-12-16)21(27)13-14-22(28)29/h4-5,7,9,16,18,20,23H,2-3,6,8,10-15H2,1H3,(H,28,29). The van der Waals surface area contributed by atoms with Crippen LogP contribution in [0.2, 0.25) is 0 Å². The summed E-state index contributed by atoms with van der Waals surface area (Å²) >= 11 is 0. The van der Waals surface area contributed by atoms with Crippen LogP contribution in [0.3, 0.4) is 0 Å². The quantitative estimate of drug-likeness (QED) is 0.616. The lowest BCUT2D eigenvalue weighted by Gasteiger charge is -2.47. The Balaban J connectivity index is 1.68. The number of benzene rings is 1. The predicted octanol–water partition coefficient (Wildman–Crippen LogP) is 4.51. The third kappa shape index (κ3) is 4.41. The SMILES string of the molecule is CCCCOC(=O)N1c2ccccc2C(N(C(=O)CCC(=O)O)C2CC2)C2CCCC21. The van der Waals surface area contributed by atoms with Crippen LogP contribution in [-0.4, -0.2) is 46.7 Å². The maximum atomic E-state index is 13.2. The Morgan fingerprint density at radius 2 is 1.90 bits per heavy atom. The van der Waals surface area contributed by atoms with Crippen LogP contribution in [0.15, 0.2) is 24.3 Å². The largest absolute Gasteiger partial charge is 0.481 e. The van der Waals surface area contributed by atoms with E-state index in [4.69, 9.17) is 9.84 Å². The zero-order valence-electron chi connectivity index (χ0n) is 18.2. The molecule has 0 radical (unpaired) electrons. The Labute approximate surface area is 183 Å². The van der Waals surface area contributed by atoms with E-state index in [0.29, 0.717) is 6.61 Å². The highest BCUT2D eigenvalue weighted by Gasteiger charge is 2.51. The fraction of sp³-hybridized carbons (Fsp3) is 0.625. The topological polar surface area (TPSA) is 87.2 Å². The van der Waals surface area contributed by atoms with Crippen LogP contribution >= 0.6 is 0 Å². The van der Waals surface area contributed by atoms with Gasteiger partial charge in [0, 0.05) is 24.4 Å². The Hall–Kier alpha value is -2.57. The van der Waals surface area contributed by atoms with Crippen LogP contribution in [-0.2, 0) is 14.3 Å². The number of ether oxygens (including phenoxy) is 1. The first-order valence-electron chi connectivity index (χ1n) is 11.6. The second kappa shape index (κ2) is 9.28. The molecule has 2 saturated carbocycles. The lowest BCUT2D eigenvalue weighted by molar-refractivity contribution is -0.142. The van der Waals surface area contributed by atoms with Crippen molar-refractivity contribution in [3.8, 4) is 0 Å². The molecular weight excluding hydrogens is 396 g/mol. The number of anilines is 1. The molecule has 0 bridgehead atoms. The van der Waals surface area contributed by atoms with Crippen molar-refractivity contribution < 1.29 is 24.2 Å². The monoisotopic (exact) mass is 428 g/mol. The van der Waals surface area contributed by atoms with E-state index in [9.17, 15) is 14.4 Å².